The van der Waals surface area contributed by atoms with Crippen molar-refractivity contribution in [2.75, 3.05) is 47.3 Å². The molecule has 0 aliphatic rings. The molecule has 120 valence electrons. The molecule has 3 nitrogen and oxygen atoms in total. The summed E-state index contributed by atoms with van der Waals surface area (Å²) in [6, 6.07) is 9.08. The van der Waals surface area contributed by atoms with Gasteiger partial charge in [-0.05, 0) is 64.8 Å². The predicted octanol–water partition coefficient (Wildman–Crippen LogP) is 3.37. The fourth-order valence-corrected chi connectivity index (χ4v) is 2.74. The average Bonchev–Trinajstić information content (AvgIpc) is 2.46. The lowest BCUT2D eigenvalue weighted by molar-refractivity contribution is 0.230. The molecule has 0 aliphatic heterocycles. The number of halogens is 1. The van der Waals surface area contributed by atoms with Gasteiger partial charge in [-0.15, -0.1) is 0 Å². The number of nitrogens with one attached hydrogen (secondary N) is 1. The third-order valence-corrected chi connectivity index (χ3v) is 4.29. The lowest BCUT2D eigenvalue weighted by Gasteiger charge is -2.26. The van der Waals surface area contributed by atoms with Gasteiger partial charge in [-0.1, -0.05) is 35.0 Å². The molecule has 1 rings (SSSR count). The zero-order valence-corrected chi connectivity index (χ0v) is 15.5. The molecule has 0 heterocycles. The second-order valence-electron chi connectivity index (χ2n) is 5.83. The van der Waals surface area contributed by atoms with Crippen LogP contribution in [0.2, 0.25) is 0 Å². The van der Waals surface area contributed by atoms with E-state index >= 15 is 0 Å². The molecule has 0 aliphatic carbocycles. The molecule has 1 atom stereocenters. The molecule has 1 unspecified atom stereocenters. The van der Waals surface area contributed by atoms with Crippen LogP contribution in [-0.2, 0) is 0 Å². The first-order valence-electron chi connectivity index (χ1n) is 7.86. The van der Waals surface area contributed by atoms with Crippen molar-refractivity contribution in [2.24, 2.45) is 0 Å². The number of hydrogen-bond acceptors (Lipinski definition) is 3. The molecule has 0 spiro atoms. The van der Waals surface area contributed by atoms with Crippen molar-refractivity contribution >= 4 is 15.9 Å². The largest absolute Gasteiger partial charge is 0.313 e. The molecule has 0 radical (unpaired) electrons. The number of benzene rings is 1. The molecule has 1 N–H and O–H groups in total. The molecule has 0 fully saturated rings. The summed E-state index contributed by atoms with van der Waals surface area (Å²) in [6.07, 6.45) is 2.36. The van der Waals surface area contributed by atoms with Crippen molar-refractivity contribution in [1.82, 2.24) is 15.1 Å². The molecule has 1 aromatic carbocycles. The molecule has 1 aromatic rings. The van der Waals surface area contributed by atoms with Gasteiger partial charge in [0.15, 0.2) is 0 Å². The van der Waals surface area contributed by atoms with E-state index in [2.05, 4.69) is 83.4 Å². The predicted molar refractivity (Wildman–Crippen MR) is 95.8 cm³/mol. The molecular formula is C17H30BrN3. The van der Waals surface area contributed by atoms with Crippen LogP contribution in [0.3, 0.4) is 0 Å². The first kappa shape index (κ1) is 18.6. The second-order valence-corrected chi connectivity index (χ2v) is 6.74. The summed E-state index contributed by atoms with van der Waals surface area (Å²) in [5.41, 5.74) is 1.37. The highest BCUT2D eigenvalue weighted by molar-refractivity contribution is 9.10. The number of hydrogen-bond donors (Lipinski definition) is 1. The van der Waals surface area contributed by atoms with Gasteiger partial charge in [-0.2, -0.15) is 0 Å². The van der Waals surface area contributed by atoms with E-state index in [4.69, 9.17) is 0 Å². The van der Waals surface area contributed by atoms with Gasteiger partial charge in [-0.25, -0.2) is 0 Å². The van der Waals surface area contributed by atoms with Gasteiger partial charge < -0.3 is 15.1 Å². The van der Waals surface area contributed by atoms with Gasteiger partial charge in [0.2, 0.25) is 0 Å². The van der Waals surface area contributed by atoms with E-state index in [1.54, 1.807) is 0 Å². The fraction of sp³-hybridized carbons (Fsp3) is 0.647. The zero-order chi connectivity index (χ0) is 15.7. The Bertz CT molecular complexity index is 378. The molecule has 0 amide bonds. The molecule has 21 heavy (non-hydrogen) atoms. The lowest BCUT2D eigenvalue weighted by atomic mass is 10.0. The lowest BCUT2D eigenvalue weighted by Crippen LogP contribution is -2.34. The summed E-state index contributed by atoms with van der Waals surface area (Å²) < 4.78 is 1.14. The van der Waals surface area contributed by atoms with E-state index in [1.807, 2.05) is 0 Å². The van der Waals surface area contributed by atoms with E-state index in [9.17, 15) is 0 Å². The summed E-state index contributed by atoms with van der Waals surface area (Å²) >= 11 is 3.50. The van der Waals surface area contributed by atoms with Gasteiger partial charge in [-0.3, -0.25) is 0 Å². The fourth-order valence-electron chi connectivity index (χ4n) is 2.48. The maximum atomic E-state index is 3.50. The van der Waals surface area contributed by atoms with Crippen molar-refractivity contribution in [1.29, 1.82) is 0 Å². The summed E-state index contributed by atoms with van der Waals surface area (Å²) in [5, 5.41) is 3.45. The summed E-state index contributed by atoms with van der Waals surface area (Å²) in [4.78, 5) is 4.83. The normalized spacial score (nSPS) is 13.1. The highest BCUT2D eigenvalue weighted by atomic mass is 79.9. The SMILES string of the molecule is CCCN(CCC(NC)c1ccc(Br)cc1)CCN(C)C. The summed E-state index contributed by atoms with van der Waals surface area (Å²) in [6.45, 7) is 6.86. The summed E-state index contributed by atoms with van der Waals surface area (Å²) in [7, 11) is 6.33. The molecule has 0 bridgehead atoms. The van der Waals surface area contributed by atoms with Gasteiger partial charge in [0.05, 0.1) is 0 Å². The van der Waals surface area contributed by atoms with Gasteiger partial charge in [0, 0.05) is 23.6 Å². The van der Waals surface area contributed by atoms with Gasteiger partial charge in [0.25, 0.3) is 0 Å². The van der Waals surface area contributed by atoms with E-state index in [0.717, 1.165) is 30.5 Å². The van der Waals surface area contributed by atoms with Crippen LogP contribution in [0.15, 0.2) is 28.7 Å². The van der Waals surface area contributed by atoms with Crippen LogP contribution in [-0.4, -0.2) is 57.1 Å². The first-order chi connectivity index (χ1) is 10.1. The van der Waals surface area contributed by atoms with E-state index in [0.29, 0.717) is 6.04 Å². The van der Waals surface area contributed by atoms with Crippen LogP contribution in [0.25, 0.3) is 0 Å². The van der Waals surface area contributed by atoms with Crippen LogP contribution in [0.5, 0.6) is 0 Å². The molecule has 0 aromatic heterocycles. The minimum atomic E-state index is 0.428. The van der Waals surface area contributed by atoms with E-state index in [1.165, 1.54) is 18.5 Å². The van der Waals surface area contributed by atoms with Crippen molar-refractivity contribution in [3.8, 4) is 0 Å². The number of nitrogens with zero attached hydrogens (tertiary/aromatic N) is 2. The maximum Gasteiger partial charge on any atom is 0.0329 e. The Labute approximate surface area is 138 Å². The standard InChI is InChI=1S/C17H30BrN3/c1-5-11-21(14-13-20(3)4)12-10-17(19-2)15-6-8-16(18)9-7-15/h6-9,17,19H,5,10-14H2,1-4H3. The topological polar surface area (TPSA) is 18.5 Å². The minimum Gasteiger partial charge on any atom is -0.313 e. The smallest absolute Gasteiger partial charge is 0.0329 e. The number of rotatable bonds is 10. The van der Waals surface area contributed by atoms with Crippen molar-refractivity contribution in [3.63, 3.8) is 0 Å². The van der Waals surface area contributed by atoms with Crippen LogP contribution >= 0.6 is 15.9 Å². The van der Waals surface area contributed by atoms with Crippen molar-refractivity contribution < 1.29 is 0 Å². The third kappa shape index (κ3) is 7.41. The molecular weight excluding hydrogens is 326 g/mol. The minimum absolute atomic E-state index is 0.428. The van der Waals surface area contributed by atoms with E-state index < -0.39 is 0 Å². The highest BCUT2D eigenvalue weighted by Crippen LogP contribution is 2.19. The third-order valence-electron chi connectivity index (χ3n) is 3.76. The van der Waals surface area contributed by atoms with E-state index in [-0.39, 0.29) is 0 Å². The molecule has 0 saturated heterocycles. The Balaban J connectivity index is 2.52. The van der Waals surface area contributed by atoms with Crippen LogP contribution in [0.1, 0.15) is 31.4 Å². The summed E-state index contributed by atoms with van der Waals surface area (Å²) in [5.74, 6) is 0. The van der Waals surface area contributed by atoms with Crippen LogP contribution in [0, 0.1) is 0 Å². The second kappa shape index (κ2) is 10.3. The molecule has 4 heteroatoms. The average molecular weight is 356 g/mol. The quantitative estimate of drug-likeness (QED) is 0.693. The van der Waals surface area contributed by atoms with Crippen molar-refractivity contribution in [3.05, 3.63) is 34.3 Å². The first-order valence-corrected chi connectivity index (χ1v) is 8.66. The Morgan fingerprint density at radius 3 is 2.24 bits per heavy atom. The number of likely N-dealkylation sites (N-methyl/N-ethyl adjacent to an activating group) is 1. The van der Waals surface area contributed by atoms with Crippen LogP contribution in [0.4, 0.5) is 0 Å². The molecule has 0 saturated carbocycles. The zero-order valence-electron chi connectivity index (χ0n) is 13.9. The maximum absolute atomic E-state index is 3.50. The Morgan fingerprint density at radius 1 is 1.05 bits per heavy atom. The van der Waals surface area contributed by atoms with Gasteiger partial charge in [0.1, 0.15) is 0 Å². The monoisotopic (exact) mass is 355 g/mol. The van der Waals surface area contributed by atoms with Crippen molar-refractivity contribution in [2.45, 2.75) is 25.8 Å². The van der Waals surface area contributed by atoms with Gasteiger partial charge >= 0.3 is 0 Å². The Hall–Kier alpha value is -0.420. The van der Waals surface area contributed by atoms with Crippen LogP contribution < -0.4 is 5.32 Å². The highest BCUT2D eigenvalue weighted by Gasteiger charge is 2.12. The Kier molecular flexibility index (Phi) is 9.16. The Morgan fingerprint density at radius 2 is 1.71 bits per heavy atom.